The molecule has 3 heterocycles. The molecule has 1 fully saturated rings. The highest BCUT2D eigenvalue weighted by Crippen LogP contribution is 2.34. The zero-order chi connectivity index (χ0) is 29.5. The minimum atomic E-state index is -1.27. The van der Waals surface area contributed by atoms with E-state index < -0.39 is 11.3 Å². The molecule has 1 saturated heterocycles. The molecule has 226 valence electrons. The molecule has 0 saturated carbocycles. The van der Waals surface area contributed by atoms with Gasteiger partial charge in [0.1, 0.15) is 22.8 Å². The standard InChI is InChI=1S/C33H48FN3O4/c1-24(2)21-40-30(38)19-27(26-8-6-10-29(18-26)41-32(3,4)23-39-5)20-37-17-15-33(34,22-37)14-13-28-12-11-25-9-7-16-35-31(25)36-28/h6,8,10-12,18,24,27H,7,9,13-17,19-23H2,1-5H3,(H,35,36)/t27-,33+/m1/s1. The Kier molecular flexibility index (Phi) is 10.6. The lowest BCUT2D eigenvalue weighted by Crippen LogP contribution is -2.34. The molecular weight excluding hydrogens is 521 g/mol. The largest absolute Gasteiger partial charge is 0.485 e. The van der Waals surface area contributed by atoms with Crippen LogP contribution in [0.25, 0.3) is 0 Å². The SMILES string of the molecule is COCC(C)(C)Oc1cccc([C@H](CC(=O)OCC(C)C)CN2CC[C@@](F)(CCc3ccc4c(n3)NCCC4)C2)c1. The van der Waals surface area contributed by atoms with Gasteiger partial charge in [-0.1, -0.05) is 32.0 Å². The van der Waals surface area contributed by atoms with E-state index in [1.165, 1.54) is 5.56 Å². The maximum Gasteiger partial charge on any atom is 0.306 e. The first kappa shape index (κ1) is 31.2. The Morgan fingerprint density at radius 1 is 1.24 bits per heavy atom. The first-order chi connectivity index (χ1) is 19.5. The number of aromatic nitrogens is 1. The molecule has 0 radical (unpaired) electrons. The summed E-state index contributed by atoms with van der Waals surface area (Å²) >= 11 is 0. The van der Waals surface area contributed by atoms with Crippen LogP contribution in [0.2, 0.25) is 0 Å². The van der Waals surface area contributed by atoms with Crippen LogP contribution in [0.15, 0.2) is 36.4 Å². The molecular formula is C33H48FN3O4. The van der Waals surface area contributed by atoms with Crippen molar-refractivity contribution in [2.24, 2.45) is 5.92 Å². The second kappa shape index (κ2) is 14.0. The van der Waals surface area contributed by atoms with Gasteiger partial charge in [0, 0.05) is 44.9 Å². The van der Waals surface area contributed by atoms with Crippen LogP contribution in [0.5, 0.6) is 5.75 Å². The predicted octanol–water partition coefficient (Wildman–Crippen LogP) is 5.96. The van der Waals surface area contributed by atoms with E-state index in [-0.39, 0.29) is 24.2 Å². The van der Waals surface area contributed by atoms with Crippen molar-refractivity contribution >= 4 is 11.8 Å². The Hall–Kier alpha value is -2.71. The molecule has 1 aromatic heterocycles. The van der Waals surface area contributed by atoms with Crippen LogP contribution in [0.1, 0.15) is 76.1 Å². The number of rotatable bonds is 14. The van der Waals surface area contributed by atoms with Gasteiger partial charge < -0.3 is 19.5 Å². The van der Waals surface area contributed by atoms with Crippen molar-refractivity contribution in [3.05, 3.63) is 53.2 Å². The van der Waals surface area contributed by atoms with Gasteiger partial charge in [-0.15, -0.1) is 0 Å². The molecule has 2 aliphatic heterocycles. The summed E-state index contributed by atoms with van der Waals surface area (Å²) in [7, 11) is 1.65. The summed E-state index contributed by atoms with van der Waals surface area (Å²) in [4.78, 5) is 19.7. The fraction of sp³-hybridized carbons (Fsp3) is 0.636. The number of ether oxygens (including phenoxy) is 3. The summed E-state index contributed by atoms with van der Waals surface area (Å²) in [5.41, 5.74) is 1.40. The molecule has 2 aromatic rings. The minimum Gasteiger partial charge on any atom is -0.485 e. The molecule has 0 aliphatic carbocycles. The third-order valence-electron chi connectivity index (χ3n) is 7.85. The summed E-state index contributed by atoms with van der Waals surface area (Å²) < 4.78 is 33.1. The maximum absolute atomic E-state index is 16.0. The van der Waals surface area contributed by atoms with Crippen LogP contribution < -0.4 is 10.1 Å². The first-order valence-electron chi connectivity index (χ1n) is 15.1. The first-order valence-corrected chi connectivity index (χ1v) is 15.1. The van der Waals surface area contributed by atoms with Crippen molar-refractivity contribution in [1.82, 2.24) is 9.88 Å². The number of fused-ring (bicyclic) bond motifs is 1. The number of nitrogens with zero attached hydrogens (tertiary/aromatic N) is 2. The van der Waals surface area contributed by atoms with Gasteiger partial charge in [-0.3, -0.25) is 9.69 Å². The molecule has 0 amide bonds. The number of anilines is 1. The molecule has 1 aromatic carbocycles. The summed E-state index contributed by atoms with van der Waals surface area (Å²) in [6.45, 7) is 11.4. The van der Waals surface area contributed by atoms with E-state index >= 15 is 4.39 Å². The highest BCUT2D eigenvalue weighted by atomic mass is 19.1. The molecule has 41 heavy (non-hydrogen) atoms. The number of benzene rings is 1. The lowest BCUT2D eigenvalue weighted by Gasteiger charge is -2.28. The minimum absolute atomic E-state index is 0.139. The van der Waals surface area contributed by atoms with E-state index in [0.29, 0.717) is 52.1 Å². The summed E-state index contributed by atoms with van der Waals surface area (Å²) in [6.07, 6.45) is 3.94. The number of pyridine rings is 1. The number of hydrogen-bond donors (Lipinski definition) is 1. The highest BCUT2D eigenvalue weighted by molar-refractivity contribution is 5.70. The molecule has 0 bridgehead atoms. The second-order valence-electron chi connectivity index (χ2n) is 12.8. The Bertz CT molecular complexity index is 1160. The zero-order valence-electron chi connectivity index (χ0n) is 25.5. The topological polar surface area (TPSA) is 72.9 Å². The molecule has 1 N–H and O–H groups in total. The maximum atomic E-state index is 16.0. The van der Waals surface area contributed by atoms with E-state index in [9.17, 15) is 4.79 Å². The van der Waals surface area contributed by atoms with E-state index in [2.05, 4.69) is 16.3 Å². The average Bonchev–Trinajstić information content (AvgIpc) is 3.30. The van der Waals surface area contributed by atoms with Gasteiger partial charge >= 0.3 is 5.97 Å². The van der Waals surface area contributed by atoms with Gasteiger partial charge in [-0.2, -0.15) is 0 Å². The smallest absolute Gasteiger partial charge is 0.306 e. The van der Waals surface area contributed by atoms with Crippen LogP contribution in [-0.2, 0) is 27.1 Å². The molecule has 7 nitrogen and oxygen atoms in total. The van der Waals surface area contributed by atoms with Crippen LogP contribution >= 0.6 is 0 Å². The Balaban J connectivity index is 1.41. The van der Waals surface area contributed by atoms with Crippen molar-refractivity contribution in [3.63, 3.8) is 0 Å². The Morgan fingerprint density at radius 2 is 2.07 bits per heavy atom. The lowest BCUT2D eigenvalue weighted by molar-refractivity contribution is -0.145. The summed E-state index contributed by atoms with van der Waals surface area (Å²) in [6, 6.07) is 12.1. The number of hydrogen-bond acceptors (Lipinski definition) is 7. The third kappa shape index (κ3) is 9.40. The Morgan fingerprint density at radius 3 is 2.85 bits per heavy atom. The van der Waals surface area contributed by atoms with Crippen LogP contribution in [0.4, 0.5) is 10.2 Å². The lowest BCUT2D eigenvalue weighted by atomic mass is 9.94. The van der Waals surface area contributed by atoms with Gasteiger partial charge in [0.05, 0.1) is 19.6 Å². The number of methoxy groups -OCH3 is 1. The van der Waals surface area contributed by atoms with Gasteiger partial charge in [-0.05, 0) is 81.2 Å². The molecule has 2 aliphatic rings. The highest BCUT2D eigenvalue weighted by Gasteiger charge is 2.39. The van der Waals surface area contributed by atoms with Crippen molar-refractivity contribution in [3.8, 4) is 5.75 Å². The number of carbonyl (C=O) groups excluding carboxylic acids is 1. The number of esters is 1. The molecule has 0 spiro atoms. The number of carbonyl (C=O) groups is 1. The van der Waals surface area contributed by atoms with Gasteiger partial charge in [0.2, 0.25) is 0 Å². The van der Waals surface area contributed by atoms with Crippen LogP contribution in [0.3, 0.4) is 0 Å². The van der Waals surface area contributed by atoms with Gasteiger partial charge in [0.25, 0.3) is 0 Å². The Labute approximate surface area is 245 Å². The number of halogens is 1. The number of nitrogens with one attached hydrogen (secondary N) is 1. The van der Waals surface area contributed by atoms with Crippen molar-refractivity contribution in [2.75, 3.05) is 51.8 Å². The molecule has 8 heteroatoms. The average molecular weight is 570 g/mol. The van der Waals surface area contributed by atoms with E-state index in [0.717, 1.165) is 42.2 Å². The fourth-order valence-electron chi connectivity index (χ4n) is 5.78. The molecule has 2 atom stereocenters. The van der Waals surface area contributed by atoms with Crippen LogP contribution in [0, 0.1) is 5.92 Å². The molecule has 0 unspecified atom stereocenters. The fourth-order valence-corrected chi connectivity index (χ4v) is 5.78. The number of aryl methyl sites for hydroxylation is 2. The van der Waals surface area contributed by atoms with Crippen molar-refractivity contribution in [1.29, 1.82) is 0 Å². The van der Waals surface area contributed by atoms with Crippen LogP contribution in [-0.4, -0.2) is 73.6 Å². The summed E-state index contributed by atoms with van der Waals surface area (Å²) in [5, 5.41) is 3.37. The predicted molar refractivity (Wildman–Crippen MR) is 160 cm³/mol. The monoisotopic (exact) mass is 569 g/mol. The second-order valence-corrected chi connectivity index (χ2v) is 12.8. The summed E-state index contributed by atoms with van der Waals surface area (Å²) in [5.74, 6) is 1.58. The van der Waals surface area contributed by atoms with Gasteiger partial charge in [0.15, 0.2) is 0 Å². The third-order valence-corrected chi connectivity index (χ3v) is 7.85. The van der Waals surface area contributed by atoms with E-state index in [1.54, 1.807) is 7.11 Å². The van der Waals surface area contributed by atoms with Gasteiger partial charge in [-0.25, -0.2) is 9.37 Å². The van der Waals surface area contributed by atoms with Crippen molar-refractivity contribution in [2.45, 2.75) is 83.4 Å². The van der Waals surface area contributed by atoms with E-state index in [4.69, 9.17) is 19.2 Å². The molecule has 4 rings (SSSR count). The normalized spacial score (nSPS) is 20.0. The quantitative estimate of drug-likeness (QED) is 0.281. The van der Waals surface area contributed by atoms with E-state index in [1.807, 2.05) is 58.0 Å². The zero-order valence-corrected chi connectivity index (χ0v) is 25.5. The number of alkyl halides is 1. The number of likely N-dealkylation sites (tertiary alicyclic amines) is 1. The van der Waals surface area contributed by atoms with Crippen molar-refractivity contribution < 1.29 is 23.4 Å².